The van der Waals surface area contributed by atoms with Gasteiger partial charge in [-0.05, 0) is 56.4 Å². The summed E-state index contributed by atoms with van der Waals surface area (Å²) in [6.45, 7) is 1.59. The van der Waals surface area contributed by atoms with Crippen molar-refractivity contribution in [3.63, 3.8) is 0 Å². The van der Waals surface area contributed by atoms with Gasteiger partial charge in [0.2, 0.25) is 0 Å². The second kappa shape index (κ2) is 19.8. The first-order valence-corrected chi connectivity index (χ1v) is 15.9. The second-order valence-electron chi connectivity index (χ2n) is 10.8. The molecule has 4 rings (SSSR count). The van der Waals surface area contributed by atoms with Gasteiger partial charge in [-0.15, -0.1) is 0 Å². The molecule has 48 heavy (non-hydrogen) atoms. The van der Waals surface area contributed by atoms with Crippen LogP contribution in [0.4, 0.5) is 24.5 Å². The largest absolute Gasteiger partial charge is 0.494 e. The van der Waals surface area contributed by atoms with Crippen LogP contribution in [0.1, 0.15) is 51.4 Å². The number of carbonyl (C=O) groups excluding carboxylic acids is 2. The number of para-hydroxylation sites is 2. The lowest BCUT2D eigenvalue weighted by Crippen LogP contribution is -2.37. The molecule has 260 valence electrons. The fourth-order valence-corrected chi connectivity index (χ4v) is 4.96. The van der Waals surface area contributed by atoms with E-state index in [1.54, 1.807) is 26.6 Å². The van der Waals surface area contributed by atoms with Crippen LogP contribution in [0.5, 0.6) is 11.5 Å². The minimum absolute atomic E-state index is 0.0216. The van der Waals surface area contributed by atoms with Crippen molar-refractivity contribution in [3.05, 3.63) is 60.9 Å². The number of amides is 1. The third-order valence-corrected chi connectivity index (χ3v) is 7.47. The number of ether oxygens (including phenoxy) is 3. The van der Waals surface area contributed by atoms with Crippen molar-refractivity contribution >= 4 is 45.1 Å². The van der Waals surface area contributed by atoms with Crippen molar-refractivity contribution in [3.8, 4) is 11.5 Å². The second-order valence-corrected chi connectivity index (χ2v) is 10.8. The molecule has 3 N–H and O–H groups in total. The summed E-state index contributed by atoms with van der Waals surface area (Å²) in [6.07, 6.45) is 5.25. The highest BCUT2D eigenvalue weighted by Gasteiger charge is 2.38. The number of fused-ring (bicyclic) bond motifs is 2. The first-order chi connectivity index (χ1) is 23.2. The van der Waals surface area contributed by atoms with Crippen LogP contribution in [0.25, 0.3) is 21.8 Å². The summed E-state index contributed by atoms with van der Waals surface area (Å²) in [7, 11) is 4.68. The van der Waals surface area contributed by atoms with Gasteiger partial charge < -0.3 is 30.2 Å². The predicted octanol–water partition coefficient (Wildman–Crippen LogP) is 7.28. The number of halogens is 3. The zero-order chi connectivity index (χ0) is 34.8. The SMILES string of the molecule is COC(=O)CCCCCCNc1ccnc2c(OC)cccc12.COc1cccc2c(NCCCCCNC(=O)C(F)(F)F)ccnc12. The Morgan fingerprint density at radius 3 is 1.62 bits per heavy atom. The van der Waals surface area contributed by atoms with E-state index in [-0.39, 0.29) is 12.5 Å². The number of esters is 1. The van der Waals surface area contributed by atoms with Crippen LogP contribution in [0.2, 0.25) is 0 Å². The van der Waals surface area contributed by atoms with E-state index in [0.29, 0.717) is 31.6 Å². The fourth-order valence-electron chi connectivity index (χ4n) is 4.96. The summed E-state index contributed by atoms with van der Waals surface area (Å²) in [4.78, 5) is 30.4. The van der Waals surface area contributed by atoms with E-state index in [1.165, 1.54) is 7.11 Å². The monoisotopic (exact) mass is 671 g/mol. The van der Waals surface area contributed by atoms with Crippen LogP contribution in [0, 0.1) is 0 Å². The van der Waals surface area contributed by atoms with Gasteiger partial charge in [0.1, 0.15) is 22.5 Å². The number of methoxy groups -OCH3 is 3. The maximum absolute atomic E-state index is 12.0. The highest BCUT2D eigenvalue weighted by Crippen LogP contribution is 2.29. The number of benzene rings is 2. The quantitative estimate of drug-likeness (QED) is 0.0785. The summed E-state index contributed by atoms with van der Waals surface area (Å²) in [6, 6.07) is 15.5. The molecule has 0 atom stereocenters. The van der Waals surface area contributed by atoms with E-state index < -0.39 is 12.1 Å². The molecule has 2 heterocycles. The molecule has 0 saturated carbocycles. The van der Waals surface area contributed by atoms with E-state index in [1.807, 2.05) is 53.8 Å². The van der Waals surface area contributed by atoms with Crippen molar-refractivity contribution < 1.29 is 37.0 Å². The Bertz CT molecular complexity index is 1600. The molecule has 0 radical (unpaired) electrons. The van der Waals surface area contributed by atoms with Gasteiger partial charge in [0.05, 0.1) is 21.3 Å². The van der Waals surface area contributed by atoms with Gasteiger partial charge in [-0.3, -0.25) is 19.6 Å². The Hall–Kier alpha value is -4.81. The maximum Gasteiger partial charge on any atom is 0.471 e. The lowest BCUT2D eigenvalue weighted by atomic mass is 10.1. The topological polar surface area (TPSA) is 124 Å². The van der Waals surface area contributed by atoms with Gasteiger partial charge in [-0.1, -0.05) is 37.1 Å². The molecule has 0 saturated heterocycles. The molecule has 0 aliphatic carbocycles. The smallest absolute Gasteiger partial charge is 0.471 e. The number of hydrogen-bond acceptors (Lipinski definition) is 9. The number of alkyl halides is 3. The number of nitrogens with one attached hydrogen (secondary N) is 3. The van der Waals surface area contributed by atoms with Crippen LogP contribution in [-0.4, -0.2) is 69.0 Å². The van der Waals surface area contributed by atoms with Crippen LogP contribution < -0.4 is 25.4 Å². The standard InChI is InChI=1S/C18H24N2O3.C17H20F3N3O2/c1-22-16-9-7-8-14-15(11-13-20-18(14)16)19-12-6-4-3-5-10-17(21)23-2;1-25-14-7-5-6-12-13(8-11-22-15(12)14)21-9-3-2-4-10-23-16(24)17(18,19)20/h7-9,11,13H,3-6,10,12H2,1-2H3,(H,19,20);5-8,11H,2-4,9-10H2,1H3,(H,21,22)(H,23,24). The minimum atomic E-state index is -4.81. The third kappa shape index (κ3) is 11.8. The molecule has 2 aromatic carbocycles. The van der Waals surface area contributed by atoms with Crippen molar-refractivity contribution in [2.45, 2.75) is 57.5 Å². The third-order valence-electron chi connectivity index (χ3n) is 7.47. The highest BCUT2D eigenvalue weighted by atomic mass is 19.4. The van der Waals surface area contributed by atoms with Gasteiger partial charge in [-0.2, -0.15) is 13.2 Å². The van der Waals surface area contributed by atoms with Crippen LogP contribution in [0.15, 0.2) is 60.9 Å². The Kier molecular flexibility index (Phi) is 15.5. The maximum atomic E-state index is 12.0. The normalized spacial score (nSPS) is 11.0. The number of hydrogen-bond donors (Lipinski definition) is 3. The van der Waals surface area contributed by atoms with E-state index >= 15 is 0 Å². The van der Waals surface area contributed by atoms with Crippen molar-refractivity contribution in [1.82, 2.24) is 15.3 Å². The molecule has 0 fully saturated rings. The van der Waals surface area contributed by atoms with Gasteiger partial charge in [0.15, 0.2) is 0 Å². The van der Waals surface area contributed by atoms with E-state index in [9.17, 15) is 22.8 Å². The summed E-state index contributed by atoms with van der Waals surface area (Å²) in [5.41, 5.74) is 3.64. The van der Waals surface area contributed by atoms with Crippen molar-refractivity contribution in [1.29, 1.82) is 0 Å². The molecule has 1 amide bonds. The van der Waals surface area contributed by atoms with Gasteiger partial charge >= 0.3 is 18.1 Å². The molecule has 2 aromatic heterocycles. The van der Waals surface area contributed by atoms with Gasteiger partial charge in [-0.25, -0.2) is 0 Å². The zero-order valence-electron chi connectivity index (χ0n) is 27.6. The van der Waals surface area contributed by atoms with Crippen molar-refractivity contribution in [2.24, 2.45) is 0 Å². The van der Waals surface area contributed by atoms with Crippen LogP contribution in [0.3, 0.4) is 0 Å². The zero-order valence-corrected chi connectivity index (χ0v) is 27.6. The molecular weight excluding hydrogens is 627 g/mol. The van der Waals surface area contributed by atoms with E-state index in [2.05, 4.69) is 25.3 Å². The highest BCUT2D eigenvalue weighted by molar-refractivity contribution is 5.95. The first kappa shape index (κ1) is 37.6. The van der Waals surface area contributed by atoms with Gasteiger partial charge in [0.25, 0.3) is 0 Å². The lowest BCUT2D eigenvalue weighted by molar-refractivity contribution is -0.173. The predicted molar refractivity (Wildman–Crippen MR) is 182 cm³/mol. The number of aromatic nitrogens is 2. The molecular formula is C35H44F3N5O5. The van der Waals surface area contributed by atoms with Gasteiger partial charge in [0, 0.05) is 60.6 Å². The molecule has 13 heteroatoms. The van der Waals surface area contributed by atoms with Crippen LogP contribution in [-0.2, 0) is 14.3 Å². The van der Waals surface area contributed by atoms with Crippen molar-refractivity contribution in [2.75, 3.05) is 51.6 Å². The number of rotatable bonds is 17. The van der Waals surface area contributed by atoms with Crippen LogP contribution >= 0.6 is 0 Å². The average Bonchev–Trinajstić information content (AvgIpc) is 3.09. The average molecular weight is 672 g/mol. The molecule has 4 aromatic rings. The molecule has 10 nitrogen and oxygen atoms in total. The minimum Gasteiger partial charge on any atom is -0.494 e. The van der Waals surface area contributed by atoms with E-state index in [0.717, 1.165) is 77.6 Å². The first-order valence-electron chi connectivity index (χ1n) is 15.9. The molecule has 0 spiro atoms. The lowest BCUT2D eigenvalue weighted by Gasteiger charge is -2.11. The molecule has 0 aliphatic rings. The number of unbranched alkanes of at least 4 members (excludes halogenated alkanes) is 5. The number of nitrogens with zero attached hydrogens (tertiary/aromatic N) is 2. The number of anilines is 2. The Morgan fingerprint density at radius 1 is 0.667 bits per heavy atom. The summed E-state index contributed by atoms with van der Waals surface area (Å²) >= 11 is 0. The fraction of sp³-hybridized carbons (Fsp3) is 0.429. The molecule has 0 unspecified atom stereocenters. The number of carbonyl (C=O) groups is 2. The summed E-state index contributed by atoms with van der Waals surface area (Å²) in [5.74, 6) is -0.529. The Balaban J connectivity index is 0.000000261. The molecule has 0 aliphatic heterocycles. The molecule has 0 bridgehead atoms. The summed E-state index contributed by atoms with van der Waals surface area (Å²) < 4.78 is 51.3. The Morgan fingerprint density at radius 2 is 1.15 bits per heavy atom. The number of pyridine rings is 2. The summed E-state index contributed by atoms with van der Waals surface area (Å²) in [5, 5.41) is 10.6. The van der Waals surface area contributed by atoms with E-state index in [4.69, 9.17) is 9.47 Å². The Labute approximate surface area is 278 Å².